The fourth-order valence-electron chi connectivity index (χ4n) is 3.24. The highest BCUT2D eigenvalue weighted by atomic mass is 35.5. The summed E-state index contributed by atoms with van der Waals surface area (Å²) in [5.74, 6) is 0. The van der Waals surface area contributed by atoms with Crippen molar-refractivity contribution in [1.82, 2.24) is 15.6 Å². The summed E-state index contributed by atoms with van der Waals surface area (Å²) in [6.07, 6.45) is 1.69. The number of urea groups is 1. The maximum Gasteiger partial charge on any atom is 0.315 e. The van der Waals surface area contributed by atoms with Crippen molar-refractivity contribution >= 4 is 17.6 Å². The van der Waals surface area contributed by atoms with Crippen LogP contribution < -0.4 is 16.2 Å². The lowest BCUT2D eigenvalue weighted by Crippen LogP contribution is -2.38. The molecule has 0 radical (unpaired) electrons. The van der Waals surface area contributed by atoms with Crippen molar-refractivity contribution in [3.05, 3.63) is 67.6 Å². The molecule has 126 valence electrons. The van der Waals surface area contributed by atoms with E-state index >= 15 is 0 Å². The molecule has 24 heavy (non-hydrogen) atoms. The van der Waals surface area contributed by atoms with Gasteiger partial charge < -0.3 is 15.6 Å². The van der Waals surface area contributed by atoms with Crippen molar-refractivity contribution in [2.24, 2.45) is 0 Å². The van der Waals surface area contributed by atoms with Gasteiger partial charge in [-0.05, 0) is 55.5 Å². The fourth-order valence-corrected chi connectivity index (χ4v) is 3.52. The molecule has 3 N–H and O–H groups in total. The Hall–Kier alpha value is -2.27. The number of rotatable bonds is 3. The monoisotopic (exact) mass is 345 g/mol. The number of fused-ring (bicyclic) bond motifs is 1. The van der Waals surface area contributed by atoms with Crippen LogP contribution in [-0.2, 0) is 13.0 Å². The lowest BCUT2D eigenvalue weighted by atomic mass is 10.1. The highest BCUT2D eigenvalue weighted by Crippen LogP contribution is 2.35. The standard InChI is InChI=1S/C18H20ClN3O2/c1-10-8-11(2)21-17(23)14(10)9-20-18(24)22-16-7-6-12-13(16)4-3-5-15(12)19/h3-5,8,16H,6-7,9H2,1-2H3,(H,21,23)(H2,20,22,24)/t16-/m0/s1. The van der Waals surface area contributed by atoms with Gasteiger partial charge in [-0.2, -0.15) is 0 Å². The van der Waals surface area contributed by atoms with Crippen LogP contribution in [0.3, 0.4) is 0 Å². The largest absolute Gasteiger partial charge is 0.334 e. The number of hydrogen-bond acceptors (Lipinski definition) is 2. The predicted molar refractivity (Wildman–Crippen MR) is 94.4 cm³/mol. The number of carbonyl (C=O) groups excluding carboxylic acids is 1. The van der Waals surface area contributed by atoms with E-state index in [1.165, 1.54) is 0 Å². The summed E-state index contributed by atoms with van der Waals surface area (Å²) >= 11 is 6.19. The second-order valence-corrected chi connectivity index (χ2v) is 6.58. The molecule has 1 atom stereocenters. The molecular formula is C18H20ClN3O2. The van der Waals surface area contributed by atoms with Crippen LogP contribution in [0.25, 0.3) is 0 Å². The predicted octanol–water partition coefficient (Wildman–Crippen LogP) is 3.13. The average molecular weight is 346 g/mol. The Morgan fingerprint density at radius 3 is 2.92 bits per heavy atom. The summed E-state index contributed by atoms with van der Waals surface area (Å²) in [7, 11) is 0. The quantitative estimate of drug-likeness (QED) is 0.799. The summed E-state index contributed by atoms with van der Waals surface area (Å²) in [4.78, 5) is 26.9. The first-order chi connectivity index (χ1) is 11.5. The first kappa shape index (κ1) is 16.6. The van der Waals surface area contributed by atoms with Crippen LogP contribution in [0, 0.1) is 13.8 Å². The molecule has 1 aromatic heterocycles. The Kier molecular flexibility index (Phi) is 4.62. The number of hydrogen-bond donors (Lipinski definition) is 3. The Morgan fingerprint density at radius 1 is 1.38 bits per heavy atom. The molecule has 0 unspecified atom stereocenters. The van der Waals surface area contributed by atoms with Gasteiger partial charge in [0.2, 0.25) is 0 Å². The summed E-state index contributed by atoms with van der Waals surface area (Å²) in [6.45, 7) is 3.90. The van der Waals surface area contributed by atoms with E-state index in [1.54, 1.807) is 0 Å². The lowest BCUT2D eigenvalue weighted by Gasteiger charge is -2.15. The molecule has 1 heterocycles. The molecule has 0 saturated heterocycles. The Balaban J connectivity index is 1.64. The smallest absolute Gasteiger partial charge is 0.315 e. The van der Waals surface area contributed by atoms with Crippen LogP contribution in [0.4, 0.5) is 4.79 Å². The second-order valence-electron chi connectivity index (χ2n) is 6.17. The van der Waals surface area contributed by atoms with Crippen LogP contribution in [0.2, 0.25) is 5.02 Å². The molecule has 5 nitrogen and oxygen atoms in total. The topological polar surface area (TPSA) is 74.0 Å². The molecular weight excluding hydrogens is 326 g/mol. The number of aryl methyl sites for hydroxylation is 2. The van der Waals surface area contributed by atoms with Gasteiger partial charge in [0.15, 0.2) is 0 Å². The zero-order valence-electron chi connectivity index (χ0n) is 13.7. The number of aromatic nitrogens is 1. The highest BCUT2D eigenvalue weighted by Gasteiger charge is 2.25. The van der Waals surface area contributed by atoms with Gasteiger partial charge in [0.25, 0.3) is 5.56 Å². The molecule has 2 amide bonds. The van der Waals surface area contributed by atoms with E-state index < -0.39 is 0 Å². The molecule has 0 saturated carbocycles. The zero-order valence-corrected chi connectivity index (χ0v) is 14.5. The summed E-state index contributed by atoms with van der Waals surface area (Å²) in [6, 6.07) is 7.33. The second kappa shape index (κ2) is 6.69. The SMILES string of the molecule is Cc1cc(C)c(CNC(=O)N[C@H]2CCc3c(Cl)cccc32)c(=O)[nH]1. The summed E-state index contributed by atoms with van der Waals surface area (Å²) < 4.78 is 0. The first-order valence-corrected chi connectivity index (χ1v) is 8.34. The van der Waals surface area contributed by atoms with E-state index in [0.29, 0.717) is 5.56 Å². The van der Waals surface area contributed by atoms with Crippen LogP contribution in [0.5, 0.6) is 0 Å². The molecule has 2 aromatic rings. The molecule has 1 aliphatic carbocycles. The summed E-state index contributed by atoms with van der Waals surface area (Å²) in [5, 5.41) is 6.48. The minimum absolute atomic E-state index is 0.0453. The van der Waals surface area contributed by atoms with Crippen molar-refractivity contribution in [2.75, 3.05) is 0 Å². The highest BCUT2D eigenvalue weighted by molar-refractivity contribution is 6.31. The van der Waals surface area contributed by atoms with Gasteiger partial charge in [-0.15, -0.1) is 0 Å². The first-order valence-electron chi connectivity index (χ1n) is 7.96. The van der Waals surface area contributed by atoms with E-state index in [9.17, 15) is 9.59 Å². The Bertz CT molecular complexity index is 845. The fraction of sp³-hybridized carbons (Fsp3) is 0.333. The molecule has 0 bridgehead atoms. The number of aromatic amines is 1. The van der Waals surface area contributed by atoms with Crippen LogP contribution in [-0.4, -0.2) is 11.0 Å². The van der Waals surface area contributed by atoms with Crippen molar-refractivity contribution in [3.8, 4) is 0 Å². The number of nitrogens with one attached hydrogen (secondary N) is 3. The van der Waals surface area contributed by atoms with E-state index in [1.807, 2.05) is 38.1 Å². The van der Waals surface area contributed by atoms with Crippen molar-refractivity contribution in [3.63, 3.8) is 0 Å². The average Bonchev–Trinajstić information content (AvgIpc) is 2.90. The Morgan fingerprint density at radius 2 is 2.17 bits per heavy atom. The summed E-state index contributed by atoms with van der Waals surface area (Å²) in [5.41, 5.74) is 4.27. The molecule has 1 aliphatic rings. The lowest BCUT2D eigenvalue weighted by molar-refractivity contribution is 0.236. The van der Waals surface area contributed by atoms with Crippen LogP contribution in [0.1, 0.15) is 40.4 Å². The van der Waals surface area contributed by atoms with Crippen molar-refractivity contribution in [2.45, 2.75) is 39.3 Å². The maximum absolute atomic E-state index is 12.2. The van der Waals surface area contributed by atoms with E-state index in [2.05, 4.69) is 15.6 Å². The minimum Gasteiger partial charge on any atom is -0.334 e. The third-order valence-corrected chi connectivity index (χ3v) is 4.79. The number of benzene rings is 1. The normalized spacial score (nSPS) is 15.9. The molecule has 6 heteroatoms. The molecule has 0 aliphatic heterocycles. The maximum atomic E-state index is 12.2. The minimum atomic E-state index is -0.285. The van der Waals surface area contributed by atoms with Gasteiger partial charge >= 0.3 is 6.03 Å². The van der Waals surface area contributed by atoms with Gasteiger partial charge in [0.05, 0.1) is 12.6 Å². The van der Waals surface area contributed by atoms with E-state index in [4.69, 9.17) is 11.6 Å². The van der Waals surface area contributed by atoms with E-state index in [-0.39, 0.29) is 24.2 Å². The molecule has 3 rings (SSSR count). The molecule has 1 aromatic carbocycles. The van der Waals surface area contributed by atoms with Crippen molar-refractivity contribution < 1.29 is 4.79 Å². The molecule has 0 fully saturated rings. The van der Waals surface area contributed by atoms with Crippen molar-refractivity contribution in [1.29, 1.82) is 0 Å². The number of carbonyl (C=O) groups is 1. The third kappa shape index (κ3) is 3.31. The zero-order chi connectivity index (χ0) is 17.3. The van der Waals surface area contributed by atoms with E-state index in [0.717, 1.165) is 40.2 Å². The number of H-pyrrole nitrogens is 1. The number of pyridine rings is 1. The van der Waals surface area contributed by atoms with Gasteiger partial charge in [0, 0.05) is 16.3 Å². The van der Waals surface area contributed by atoms with Gasteiger partial charge in [-0.3, -0.25) is 4.79 Å². The number of amides is 2. The number of halogens is 1. The third-order valence-electron chi connectivity index (χ3n) is 4.44. The van der Waals surface area contributed by atoms with Crippen LogP contribution in [0.15, 0.2) is 29.1 Å². The Labute approximate surface area is 145 Å². The van der Waals surface area contributed by atoms with Crippen LogP contribution >= 0.6 is 11.6 Å². The van der Waals surface area contributed by atoms with Gasteiger partial charge in [-0.1, -0.05) is 23.7 Å². The molecule has 0 spiro atoms. The van der Waals surface area contributed by atoms with Gasteiger partial charge in [0.1, 0.15) is 0 Å². The van der Waals surface area contributed by atoms with Gasteiger partial charge in [-0.25, -0.2) is 4.79 Å².